The van der Waals surface area contributed by atoms with Gasteiger partial charge in [-0.05, 0) is 18.2 Å². The Bertz CT molecular complexity index is 668. The van der Waals surface area contributed by atoms with Crippen molar-refractivity contribution in [3.8, 4) is 5.75 Å². The molecule has 1 aromatic heterocycles. The van der Waals surface area contributed by atoms with Crippen molar-refractivity contribution in [3.63, 3.8) is 0 Å². The molecule has 2 rings (SSSR count). The lowest BCUT2D eigenvalue weighted by Gasteiger charge is -2.07. The molecule has 7 heteroatoms. The van der Waals surface area contributed by atoms with Gasteiger partial charge in [-0.1, -0.05) is 11.6 Å². The fraction of sp³-hybridized carbons (Fsp3) is 0.0769. The summed E-state index contributed by atoms with van der Waals surface area (Å²) in [6, 6.07) is 5.83. The predicted octanol–water partition coefficient (Wildman–Crippen LogP) is 3.36. The van der Waals surface area contributed by atoms with Gasteiger partial charge in [0.05, 0.1) is 23.2 Å². The van der Waals surface area contributed by atoms with Crippen molar-refractivity contribution in [1.29, 1.82) is 0 Å². The van der Waals surface area contributed by atoms with Gasteiger partial charge < -0.3 is 15.2 Å². The zero-order valence-electron chi connectivity index (χ0n) is 10.3. The summed E-state index contributed by atoms with van der Waals surface area (Å²) in [5.41, 5.74) is 0.133. The number of thiophene rings is 1. The maximum atomic E-state index is 12.0. The minimum atomic E-state index is -1.16. The second-order valence-electron chi connectivity index (χ2n) is 3.80. The van der Waals surface area contributed by atoms with Crippen molar-refractivity contribution in [2.75, 3.05) is 12.4 Å². The van der Waals surface area contributed by atoms with E-state index in [0.717, 1.165) is 0 Å². The molecule has 0 aliphatic carbocycles. The molecule has 5 nitrogen and oxygen atoms in total. The van der Waals surface area contributed by atoms with E-state index in [1.54, 1.807) is 11.4 Å². The van der Waals surface area contributed by atoms with E-state index >= 15 is 0 Å². The van der Waals surface area contributed by atoms with E-state index in [1.807, 2.05) is 0 Å². The molecule has 2 N–H and O–H groups in total. The van der Waals surface area contributed by atoms with Gasteiger partial charge in [0.1, 0.15) is 5.75 Å². The van der Waals surface area contributed by atoms with Crippen LogP contribution in [0.15, 0.2) is 29.6 Å². The summed E-state index contributed by atoms with van der Waals surface area (Å²) >= 11 is 6.95. The summed E-state index contributed by atoms with van der Waals surface area (Å²) in [5.74, 6) is -0.982. The van der Waals surface area contributed by atoms with Crippen LogP contribution in [-0.2, 0) is 0 Å². The number of amides is 1. The van der Waals surface area contributed by atoms with Crippen LogP contribution in [0.1, 0.15) is 20.0 Å². The second kappa shape index (κ2) is 5.94. The van der Waals surface area contributed by atoms with Crippen molar-refractivity contribution in [3.05, 3.63) is 45.1 Å². The zero-order chi connectivity index (χ0) is 14.7. The summed E-state index contributed by atoms with van der Waals surface area (Å²) < 4.78 is 4.99. The standard InChI is InChI=1S/C13H10ClNO4S/c1-19-8-5-11(20-6-8)12(16)15-10-3-2-7(14)4-9(10)13(17)18/h2-6H,1H3,(H,15,16)(H,17,18). The zero-order valence-corrected chi connectivity index (χ0v) is 11.9. The number of carboxylic acid groups (broad SMARTS) is 1. The predicted molar refractivity (Wildman–Crippen MR) is 77.2 cm³/mol. The quantitative estimate of drug-likeness (QED) is 0.907. The molecule has 1 heterocycles. The average molecular weight is 312 g/mol. The molecular weight excluding hydrogens is 302 g/mol. The molecule has 1 amide bonds. The van der Waals surface area contributed by atoms with Gasteiger partial charge in [-0.25, -0.2) is 4.79 Å². The fourth-order valence-corrected chi connectivity index (χ4v) is 2.45. The number of rotatable bonds is 4. The van der Waals surface area contributed by atoms with Gasteiger partial charge in [0.15, 0.2) is 0 Å². The first-order chi connectivity index (χ1) is 9.51. The number of carboxylic acids is 1. The van der Waals surface area contributed by atoms with Crippen LogP contribution in [0.3, 0.4) is 0 Å². The lowest BCUT2D eigenvalue weighted by molar-refractivity contribution is 0.0698. The highest BCUT2D eigenvalue weighted by Gasteiger charge is 2.15. The first-order valence-electron chi connectivity index (χ1n) is 5.48. The number of ether oxygens (including phenoxy) is 1. The molecular formula is C13H10ClNO4S. The molecule has 1 aromatic carbocycles. The summed E-state index contributed by atoms with van der Waals surface area (Å²) in [6.45, 7) is 0. The van der Waals surface area contributed by atoms with Crippen LogP contribution in [0.5, 0.6) is 5.75 Å². The van der Waals surface area contributed by atoms with Crippen LogP contribution in [-0.4, -0.2) is 24.1 Å². The number of nitrogens with one attached hydrogen (secondary N) is 1. The third-order valence-corrected chi connectivity index (χ3v) is 3.64. The van der Waals surface area contributed by atoms with E-state index in [0.29, 0.717) is 10.6 Å². The van der Waals surface area contributed by atoms with Gasteiger partial charge in [-0.3, -0.25) is 4.79 Å². The molecule has 0 unspecified atom stereocenters. The third kappa shape index (κ3) is 3.09. The Morgan fingerprint density at radius 3 is 2.70 bits per heavy atom. The Balaban J connectivity index is 2.25. The van der Waals surface area contributed by atoms with E-state index < -0.39 is 11.9 Å². The van der Waals surface area contributed by atoms with E-state index in [-0.39, 0.29) is 16.3 Å². The summed E-state index contributed by atoms with van der Waals surface area (Å²) in [6.07, 6.45) is 0. The average Bonchev–Trinajstić information content (AvgIpc) is 2.89. The van der Waals surface area contributed by atoms with Crippen LogP contribution in [0, 0.1) is 0 Å². The summed E-state index contributed by atoms with van der Waals surface area (Å²) in [7, 11) is 1.51. The molecule has 0 aliphatic rings. The van der Waals surface area contributed by atoms with Gasteiger partial charge in [-0.15, -0.1) is 11.3 Å². The molecule has 0 bridgehead atoms. The van der Waals surface area contributed by atoms with Crippen LogP contribution in [0.2, 0.25) is 5.02 Å². The van der Waals surface area contributed by atoms with Gasteiger partial charge in [0.2, 0.25) is 0 Å². The van der Waals surface area contributed by atoms with Crippen molar-refractivity contribution in [1.82, 2.24) is 0 Å². The maximum Gasteiger partial charge on any atom is 0.337 e. The smallest absolute Gasteiger partial charge is 0.337 e. The molecule has 0 atom stereocenters. The van der Waals surface area contributed by atoms with Gasteiger partial charge >= 0.3 is 5.97 Å². The highest BCUT2D eigenvalue weighted by atomic mass is 35.5. The number of carbonyl (C=O) groups is 2. The fourth-order valence-electron chi connectivity index (χ4n) is 1.53. The first-order valence-corrected chi connectivity index (χ1v) is 6.73. The normalized spacial score (nSPS) is 10.1. The Kier molecular flexibility index (Phi) is 4.26. The molecule has 0 aliphatic heterocycles. The number of halogens is 1. The number of anilines is 1. The number of hydrogen-bond donors (Lipinski definition) is 2. The van der Waals surface area contributed by atoms with Crippen LogP contribution in [0.4, 0.5) is 5.69 Å². The topological polar surface area (TPSA) is 75.6 Å². The largest absolute Gasteiger partial charge is 0.496 e. The van der Waals surface area contributed by atoms with Crippen LogP contribution < -0.4 is 10.1 Å². The highest BCUT2D eigenvalue weighted by Crippen LogP contribution is 2.24. The number of carbonyl (C=O) groups excluding carboxylic acids is 1. The molecule has 0 spiro atoms. The Morgan fingerprint density at radius 2 is 2.10 bits per heavy atom. The minimum absolute atomic E-state index is 0.0608. The lowest BCUT2D eigenvalue weighted by Crippen LogP contribution is -2.13. The number of methoxy groups -OCH3 is 1. The highest BCUT2D eigenvalue weighted by molar-refractivity contribution is 7.12. The van der Waals surface area contributed by atoms with Crippen molar-refractivity contribution in [2.45, 2.75) is 0 Å². The number of hydrogen-bond acceptors (Lipinski definition) is 4. The van der Waals surface area contributed by atoms with E-state index in [1.165, 1.54) is 36.6 Å². The second-order valence-corrected chi connectivity index (χ2v) is 5.15. The first kappa shape index (κ1) is 14.4. The van der Waals surface area contributed by atoms with Crippen molar-refractivity contribution in [2.24, 2.45) is 0 Å². The Hall–Kier alpha value is -2.05. The van der Waals surface area contributed by atoms with Gasteiger partial charge in [0.25, 0.3) is 5.91 Å². The number of aromatic carboxylic acids is 1. The van der Waals surface area contributed by atoms with Crippen molar-refractivity contribution < 1.29 is 19.4 Å². The summed E-state index contributed by atoms with van der Waals surface area (Å²) in [4.78, 5) is 23.6. The maximum absolute atomic E-state index is 12.0. The van der Waals surface area contributed by atoms with Gasteiger partial charge in [-0.2, -0.15) is 0 Å². The van der Waals surface area contributed by atoms with Crippen molar-refractivity contribution >= 4 is 40.5 Å². The third-order valence-electron chi connectivity index (χ3n) is 2.50. The molecule has 2 aromatic rings. The van der Waals surface area contributed by atoms with Gasteiger partial charge in [0, 0.05) is 16.5 Å². The molecule has 0 saturated heterocycles. The minimum Gasteiger partial charge on any atom is -0.496 e. The summed E-state index contributed by atoms with van der Waals surface area (Å²) in [5, 5.41) is 13.6. The van der Waals surface area contributed by atoms with Crippen LogP contribution in [0.25, 0.3) is 0 Å². The molecule has 0 radical (unpaired) electrons. The number of benzene rings is 1. The van der Waals surface area contributed by atoms with E-state index in [9.17, 15) is 9.59 Å². The SMILES string of the molecule is COc1csc(C(=O)Nc2ccc(Cl)cc2C(=O)O)c1. The van der Waals surface area contributed by atoms with Crippen LogP contribution >= 0.6 is 22.9 Å². The molecule has 0 fully saturated rings. The Labute approximate surface area is 123 Å². The molecule has 20 heavy (non-hydrogen) atoms. The van der Waals surface area contributed by atoms with E-state index in [2.05, 4.69) is 5.32 Å². The molecule has 0 saturated carbocycles. The molecule has 104 valence electrons. The Morgan fingerprint density at radius 1 is 1.35 bits per heavy atom. The van der Waals surface area contributed by atoms with E-state index in [4.69, 9.17) is 21.4 Å². The monoisotopic (exact) mass is 311 g/mol. The lowest BCUT2D eigenvalue weighted by atomic mass is 10.2.